The summed E-state index contributed by atoms with van der Waals surface area (Å²) in [5.74, 6) is 0. The molecule has 2 aliphatic heterocycles. The Labute approximate surface area is 171 Å². The lowest BCUT2D eigenvalue weighted by molar-refractivity contribution is 0.0850. The Morgan fingerprint density at radius 1 is 1.18 bits per heavy atom. The second kappa shape index (κ2) is 8.14. The first-order valence-corrected chi connectivity index (χ1v) is 12.3. The van der Waals surface area contributed by atoms with E-state index >= 15 is 0 Å². The van der Waals surface area contributed by atoms with Gasteiger partial charge in [0.2, 0.25) is 9.84 Å². The molecule has 0 bridgehead atoms. The van der Waals surface area contributed by atoms with Gasteiger partial charge in [0.05, 0.1) is 4.90 Å². The number of piperidine rings is 1. The van der Waals surface area contributed by atoms with Crippen LogP contribution in [0.2, 0.25) is 0 Å². The van der Waals surface area contributed by atoms with E-state index in [9.17, 15) is 8.42 Å². The molecule has 1 aromatic heterocycles. The van der Waals surface area contributed by atoms with E-state index < -0.39 is 9.84 Å². The topological polar surface area (TPSA) is 58.6 Å². The number of rotatable bonds is 5. The van der Waals surface area contributed by atoms with Gasteiger partial charge in [0, 0.05) is 42.7 Å². The molecule has 1 aromatic carbocycles. The minimum Gasteiger partial charge on any atom is -0.479 e. The first kappa shape index (κ1) is 19.9. The zero-order valence-corrected chi connectivity index (χ0v) is 18.1. The molecule has 0 atom stereocenters. The average Bonchev–Trinajstić information content (AvgIpc) is 3.07. The van der Waals surface area contributed by atoms with E-state index in [1.54, 1.807) is 24.3 Å². The summed E-state index contributed by atoms with van der Waals surface area (Å²) in [6.07, 6.45) is 2.80. The smallest absolute Gasteiger partial charge is 0.211 e. The number of sulfone groups is 1. The zero-order valence-electron chi connectivity index (χ0n) is 16.5. The lowest BCUT2D eigenvalue weighted by Crippen LogP contribution is -2.41. The summed E-state index contributed by atoms with van der Waals surface area (Å²) in [6.45, 7) is 7.89. The minimum atomic E-state index is -3.61. The van der Waals surface area contributed by atoms with Crippen molar-refractivity contribution in [2.75, 3.05) is 19.6 Å². The monoisotopic (exact) mass is 420 g/mol. The fourth-order valence-corrected chi connectivity index (χ4v) is 7.18. The minimum absolute atomic E-state index is 0.0767. The standard InChI is InChI=1S/C21H28N2O3S2/c1-15(2)23-12-9-16(10-13-23)26-21-20(18-14-22-11-8-19(18)27-21)28(24,25)17-6-4-3-5-7-17/h3-7,15-16,22H,8-14H2,1-2H3. The Bertz CT molecular complexity index is 915. The molecule has 2 aromatic rings. The van der Waals surface area contributed by atoms with Crippen molar-refractivity contribution in [1.29, 1.82) is 0 Å². The normalized spacial score (nSPS) is 19.0. The molecule has 0 unspecified atom stereocenters. The third-order valence-electron chi connectivity index (χ3n) is 5.65. The fraction of sp³-hybridized carbons (Fsp3) is 0.524. The van der Waals surface area contributed by atoms with Crippen LogP contribution < -0.4 is 10.1 Å². The van der Waals surface area contributed by atoms with E-state index in [-0.39, 0.29) is 6.10 Å². The van der Waals surface area contributed by atoms with E-state index in [1.165, 1.54) is 11.3 Å². The third-order valence-corrected chi connectivity index (χ3v) is 8.82. The Kier molecular flexibility index (Phi) is 5.78. The van der Waals surface area contributed by atoms with Crippen molar-refractivity contribution in [1.82, 2.24) is 10.2 Å². The van der Waals surface area contributed by atoms with Gasteiger partial charge in [0.1, 0.15) is 11.0 Å². The van der Waals surface area contributed by atoms with E-state index in [0.29, 0.717) is 27.4 Å². The van der Waals surface area contributed by atoms with E-state index in [4.69, 9.17) is 4.74 Å². The number of ether oxygens (including phenoxy) is 1. The van der Waals surface area contributed by atoms with Crippen LogP contribution in [0.1, 0.15) is 37.1 Å². The zero-order chi connectivity index (χ0) is 19.7. The largest absolute Gasteiger partial charge is 0.479 e. The molecule has 1 N–H and O–H groups in total. The van der Waals surface area contributed by atoms with Gasteiger partial charge in [-0.05, 0) is 45.2 Å². The first-order valence-electron chi connectivity index (χ1n) is 10.0. The average molecular weight is 421 g/mol. The van der Waals surface area contributed by atoms with Gasteiger partial charge >= 0.3 is 0 Å². The second-order valence-corrected chi connectivity index (χ2v) is 10.8. The van der Waals surface area contributed by atoms with Crippen LogP contribution in [-0.2, 0) is 22.8 Å². The highest BCUT2D eigenvalue weighted by molar-refractivity contribution is 7.91. The maximum absolute atomic E-state index is 13.5. The molecule has 2 aliphatic rings. The lowest BCUT2D eigenvalue weighted by atomic mass is 10.1. The van der Waals surface area contributed by atoms with Crippen molar-refractivity contribution in [3.05, 3.63) is 40.8 Å². The number of hydrogen-bond donors (Lipinski definition) is 1. The van der Waals surface area contributed by atoms with E-state index in [2.05, 4.69) is 24.1 Å². The molecule has 0 saturated carbocycles. The third kappa shape index (κ3) is 3.85. The van der Waals surface area contributed by atoms with Gasteiger partial charge in [-0.3, -0.25) is 0 Å². The highest BCUT2D eigenvalue weighted by Gasteiger charge is 2.33. The Morgan fingerprint density at radius 3 is 2.57 bits per heavy atom. The molecular formula is C21H28N2O3S2. The molecule has 28 heavy (non-hydrogen) atoms. The molecule has 152 valence electrons. The maximum Gasteiger partial charge on any atom is 0.211 e. The van der Waals surface area contributed by atoms with Gasteiger partial charge in [0.15, 0.2) is 5.06 Å². The van der Waals surface area contributed by atoms with Crippen molar-refractivity contribution in [2.45, 2.75) is 61.6 Å². The van der Waals surface area contributed by atoms with Crippen LogP contribution in [0, 0.1) is 0 Å². The molecule has 3 heterocycles. The summed E-state index contributed by atoms with van der Waals surface area (Å²) in [5, 5.41) is 3.90. The molecule has 1 fully saturated rings. The summed E-state index contributed by atoms with van der Waals surface area (Å²) >= 11 is 1.53. The Morgan fingerprint density at radius 2 is 1.89 bits per heavy atom. The Balaban J connectivity index is 1.66. The van der Waals surface area contributed by atoms with Crippen LogP contribution >= 0.6 is 11.3 Å². The number of nitrogens with zero attached hydrogens (tertiary/aromatic N) is 1. The van der Waals surface area contributed by atoms with Crippen LogP contribution in [-0.4, -0.2) is 45.1 Å². The van der Waals surface area contributed by atoms with Gasteiger partial charge in [-0.25, -0.2) is 8.42 Å². The quantitative estimate of drug-likeness (QED) is 0.803. The highest BCUT2D eigenvalue weighted by Crippen LogP contribution is 2.43. The molecule has 1 saturated heterocycles. The van der Waals surface area contributed by atoms with Gasteiger partial charge in [0.25, 0.3) is 0 Å². The van der Waals surface area contributed by atoms with Crippen molar-refractivity contribution < 1.29 is 13.2 Å². The molecule has 0 amide bonds. The molecule has 5 nitrogen and oxygen atoms in total. The summed E-state index contributed by atoms with van der Waals surface area (Å²) < 4.78 is 33.3. The molecule has 0 spiro atoms. The van der Waals surface area contributed by atoms with Crippen molar-refractivity contribution in [2.24, 2.45) is 0 Å². The predicted octanol–water partition coefficient (Wildman–Crippen LogP) is 3.48. The second-order valence-electron chi connectivity index (χ2n) is 7.81. The SMILES string of the molecule is CC(C)N1CCC(Oc2sc3c(c2S(=O)(=O)c2ccccc2)CNCC3)CC1. The number of nitrogens with one attached hydrogen (secondary N) is 1. The van der Waals surface area contributed by atoms with Crippen LogP contribution in [0.3, 0.4) is 0 Å². The highest BCUT2D eigenvalue weighted by atomic mass is 32.2. The number of likely N-dealkylation sites (tertiary alicyclic amines) is 1. The molecule has 7 heteroatoms. The lowest BCUT2D eigenvalue weighted by Gasteiger charge is -2.34. The van der Waals surface area contributed by atoms with E-state index in [1.807, 2.05) is 6.07 Å². The molecule has 0 aliphatic carbocycles. The molecular weight excluding hydrogens is 392 g/mol. The number of thiophene rings is 1. The van der Waals surface area contributed by atoms with Gasteiger partial charge in [-0.2, -0.15) is 0 Å². The summed E-state index contributed by atoms with van der Waals surface area (Å²) in [4.78, 5) is 4.31. The number of fused-ring (bicyclic) bond motifs is 1. The van der Waals surface area contributed by atoms with Crippen LogP contribution in [0.4, 0.5) is 0 Å². The van der Waals surface area contributed by atoms with Gasteiger partial charge < -0.3 is 15.0 Å². The predicted molar refractivity (Wildman–Crippen MR) is 112 cm³/mol. The summed E-state index contributed by atoms with van der Waals surface area (Å²) in [6, 6.07) is 9.25. The number of hydrogen-bond acceptors (Lipinski definition) is 6. The number of benzene rings is 1. The summed E-state index contributed by atoms with van der Waals surface area (Å²) in [5.41, 5.74) is 0.898. The fourth-order valence-electron chi connectivity index (χ4n) is 3.99. The van der Waals surface area contributed by atoms with Crippen LogP contribution in [0.25, 0.3) is 0 Å². The van der Waals surface area contributed by atoms with Gasteiger partial charge in [-0.1, -0.05) is 18.2 Å². The van der Waals surface area contributed by atoms with Crippen LogP contribution in [0.5, 0.6) is 5.06 Å². The van der Waals surface area contributed by atoms with Gasteiger partial charge in [-0.15, -0.1) is 11.3 Å². The summed E-state index contributed by atoms with van der Waals surface area (Å²) in [7, 11) is -3.61. The van der Waals surface area contributed by atoms with Crippen molar-refractivity contribution in [3.8, 4) is 5.06 Å². The Hall–Kier alpha value is -1.41. The van der Waals surface area contributed by atoms with Crippen molar-refractivity contribution >= 4 is 21.2 Å². The van der Waals surface area contributed by atoms with E-state index in [0.717, 1.165) is 49.3 Å². The molecule has 4 rings (SSSR count). The first-order chi connectivity index (χ1) is 13.5. The van der Waals surface area contributed by atoms with Crippen molar-refractivity contribution in [3.63, 3.8) is 0 Å². The molecule has 0 radical (unpaired) electrons. The maximum atomic E-state index is 13.5. The van der Waals surface area contributed by atoms with Crippen LogP contribution in [0.15, 0.2) is 40.1 Å².